The van der Waals surface area contributed by atoms with Crippen LogP contribution in [0.5, 0.6) is 0 Å². The van der Waals surface area contributed by atoms with E-state index >= 15 is 0 Å². The molecule has 1 aromatic carbocycles. The summed E-state index contributed by atoms with van der Waals surface area (Å²) in [5.41, 5.74) is 1.20. The van der Waals surface area contributed by atoms with E-state index in [1.165, 1.54) is 5.56 Å². The number of aliphatic hydroxyl groups excluding tert-OH is 2. The van der Waals surface area contributed by atoms with Crippen molar-refractivity contribution >= 4 is 0 Å². The van der Waals surface area contributed by atoms with Gasteiger partial charge >= 0.3 is 0 Å². The molecule has 13 heavy (non-hydrogen) atoms. The number of benzene rings is 1. The maximum absolute atomic E-state index is 9.24. The summed E-state index contributed by atoms with van der Waals surface area (Å²) in [5, 5.41) is 17.9. The monoisotopic (exact) mass is 180 g/mol. The van der Waals surface area contributed by atoms with Crippen LogP contribution < -0.4 is 0 Å². The summed E-state index contributed by atoms with van der Waals surface area (Å²) < 4.78 is 0. The van der Waals surface area contributed by atoms with Crippen molar-refractivity contribution in [1.82, 2.24) is 0 Å². The van der Waals surface area contributed by atoms with Gasteiger partial charge in [0.25, 0.3) is 0 Å². The van der Waals surface area contributed by atoms with Gasteiger partial charge in [0.15, 0.2) is 0 Å². The molecule has 0 fully saturated rings. The van der Waals surface area contributed by atoms with Gasteiger partial charge in [0.05, 0.1) is 12.7 Å². The van der Waals surface area contributed by atoms with Crippen molar-refractivity contribution in [3.8, 4) is 0 Å². The molecule has 1 aromatic rings. The van der Waals surface area contributed by atoms with Crippen molar-refractivity contribution in [2.24, 2.45) is 0 Å². The molecule has 0 aliphatic rings. The summed E-state index contributed by atoms with van der Waals surface area (Å²) in [7, 11) is 0. The zero-order valence-electron chi connectivity index (χ0n) is 7.85. The molecule has 2 nitrogen and oxygen atoms in total. The summed E-state index contributed by atoms with van der Waals surface area (Å²) in [6.45, 7) is 1.89. The van der Waals surface area contributed by atoms with Crippen LogP contribution in [0.3, 0.4) is 0 Å². The van der Waals surface area contributed by atoms with E-state index in [-0.39, 0.29) is 6.61 Å². The Kier molecular flexibility index (Phi) is 3.93. The van der Waals surface area contributed by atoms with Crippen molar-refractivity contribution in [3.63, 3.8) is 0 Å². The van der Waals surface area contributed by atoms with Gasteiger partial charge in [-0.3, -0.25) is 0 Å². The van der Waals surface area contributed by atoms with E-state index < -0.39 is 6.10 Å². The van der Waals surface area contributed by atoms with Crippen molar-refractivity contribution in [1.29, 1.82) is 0 Å². The van der Waals surface area contributed by atoms with E-state index in [0.717, 1.165) is 0 Å². The largest absolute Gasteiger partial charge is 0.394 e. The molecule has 0 aromatic heterocycles. The maximum Gasteiger partial charge on any atom is 0.0776 e. The third-order valence-corrected chi connectivity index (χ3v) is 2.20. The highest BCUT2D eigenvalue weighted by atomic mass is 16.3. The first-order valence-corrected chi connectivity index (χ1v) is 4.58. The Bertz CT molecular complexity index is 233. The predicted molar refractivity (Wildman–Crippen MR) is 52.6 cm³/mol. The van der Waals surface area contributed by atoms with Crippen LogP contribution in [0.2, 0.25) is 0 Å². The first kappa shape index (κ1) is 10.2. The molecule has 0 heterocycles. The average Bonchev–Trinajstić information content (AvgIpc) is 2.19. The molecule has 0 amide bonds. The molecule has 0 spiro atoms. The standard InChI is InChI=1S/C11H16O2/c1-9(7-11(13)8-12)10-5-3-2-4-6-10/h2-6,9,11-13H,7-8H2,1H3. The highest BCUT2D eigenvalue weighted by Gasteiger charge is 2.10. The van der Waals surface area contributed by atoms with Crippen LogP contribution in [-0.4, -0.2) is 22.9 Å². The van der Waals surface area contributed by atoms with E-state index in [4.69, 9.17) is 5.11 Å². The Labute approximate surface area is 78.8 Å². The molecule has 2 unspecified atom stereocenters. The minimum Gasteiger partial charge on any atom is -0.394 e. The number of aliphatic hydroxyl groups is 2. The van der Waals surface area contributed by atoms with Crippen LogP contribution in [0.4, 0.5) is 0 Å². The molecule has 0 saturated carbocycles. The van der Waals surface area contributed by atoms with Gasteiger partial charge in [-0.25, -0.2) is 0 Å². The Balaban J connectivity index is 2.53. The van der Waals surface area contributed by atoms with Crippen LogP contribution in [-0.2, 0) is 0 Å². The van der Waals surface area contributed by atoms with E-state index in [1.807, 2.05) is 37.3 Å². The quantitative estimate of drug-likeness (QED) is 0.737. The molecule has 0 aliphatic heterocycles. The average molecular weight is 180 g/mol. The van der Waals surface area contributed by atoms with Gasteiger partial charge in [0, 0.05) is 0 Å². The first-order valence-electron chi connectivity index (χ1n) is 4.58. The van der Waals surface area contributed by atoms with Crippen molar-refractivity contribution in [2.45, 2.75) is 25.4 Å². The molecule has 1 rings (SSSR count). The van der Waals surface area contributed by atoms with Crippen molar-refractivity contribution in [2.75, 3.05) is 6.61 Å². The van der Waals surface area contributed by atoms with Gasteiger partial charge < -0.3 is 10.2 Å². The van der Waals surface area contributed by atoms with Crippen LogP contribution in [0.15, 0.2) is 30.3 Å². The predicted octanol–water partition coefficient (Wildman–Crippen LogP) is 1.53. The van der Waals surface area contributed by atoms with Gasteiger partial charge in [-0.1, -0.05) is 37.3 Å². The van der Waals surface area contributed by atoms with Crippen LogP contribution in [0.25, 0.3) is 0 Å². The SMILES string of the molecule is CC(CC(O)CO)c1ccccc1. The van der Waals surface area contributed by atoms with Gasteiger partial charge in [0.2, 0.25) is 0 Å². The molecule has 2 heteroatoms. The summed E-state index contributed by atoms with van der Waals surface area (Å²) in [6, 6.07) is 10.0. The van der Waals surface area contributed by atoms with Crippen molar-refractivity contribution < 1.29 is 10.2 Å². The molecule has 0 bridgehead atoms. The number of rotatable bonds is 4. The van der Waals surface area contributed by atoms with E-state index in [0.29, 0.717) is 12.3 Å². The molecule has 2 atom stereocenters. The van der Waals surface area contributed by atoms with Crippen molar-refractivity contribution in [3.05, 3.63) is 35.9 Å². The summed E-state index contributed by atoms with van der Waals surface area (Å²) in [5.74, 6) is 0.295. The first-order chi connectivity index (χ1) is 6.24. The lowest BCUT2D eigenvalue weighted by molar-refractivity contribution is 0.0835. The summed E-state index contributed by atoms with van der Waals surface area (Å²) in [6.07, 6.45) is 0.00996. The smallest absolute Gasteiger partial charge is 0.0776 e. The molecular formula is C11H16O2. The second kappa shape index (κ2) is 5.00. The second-order valence-corrected chi connectivity index (χ2v) is 3.38. The fourth-order valence-electron chi connectivity index (χ4n) is 1.40. The van der Waals surface area contributed by atoms with Crippen LogP contribution >= 0.6 is 0 Å². The Hall–Kier alpha value is -0.860. The van der Waals surface area contributed by atoms with Gasteiger partial charge in [-0.2, -0.15) is 0 Å². The highest BCUT2D eigenvalue weighted by molar-refractivity contribution is 5.18. The van der Waals surface area contributed by atoms with Gasteiger partial charge in [-0.15, -0.1) is 0 Å². The lowest BCUT2D eigenvalue weighted by Crippen LogP contribution is -2.14. The van der Waals surface area contributed by atoms with Crippen LogP contribution in [0, 0.1) is 0 Å². The zero-order valence-corrected chi connectivity index (χ0v) is 7.85. The molecule has 0 radical (unpaired) electrons. The molecule has 0 saturated heterocycles. The fraction of sp³-hybridized carbons (Fsp3) is 0.455. The van der Waals surface area contributed by atoms with Gasteiger partial charge in [-0.05, 0) is 17.9 Å². The highest BCUT2D eigenvalue weighted by Crippen LogP contribution is 2.19. The Morgan fingerprint density at radius 2 is 1.85 bits per heavy atom. The summed E-state index contributed by atoms with van der Waals surface area (Å²) >= 11 is 0. The zero-order chi connectivity index (χ0) is 9.68. The minimum absolute atomic E-state index is 0.156. The molecule has 0 aliphatic carbocycles. The normalized spacial score (nSPS) is 15.3. The van der Waals surface area contributed by atoms with Crippen LogP contribution in [0.1, 0.15) is 24.8 Å². The lowest BCUT2D eigenvalue weighted by atomic mass is 9.95. The second-order valence-electron chi connectivity index (χ2n) is 3.38. The van der Waals surface area contributed by atoms with E-state index in [1.54, 1.807) is 0 Å². The van der Waals surface area contributed by atoms with E-state index in [2.05, 4.69) is 0 Å². The van der Waals surface area contributed by atoms with E-state index in [9.17, 15) is 5.11 Å². The Morgan fingerprint density at radius 3 is 2.38 bits per heavy atom. The minimum atomic E-state index is -0.602. The molecule has 72 valence electrons. The maximum atomic E-state index is 9.24. The molecule has 2 N–H and O–H groups in total. The number of hydrogen-bond donors (Lipinski definition) is 2. The number of hydrogen-bond acceptors (Lipinski definition) is 2. The third-order valence-electron chi connectivity index (χ3n) is 2.20. The lowest BCUT2D eigenvalue weighted by Gasteiger charge is -2.14. The van der Waals surface area contributed by atoms with Gasteiger partial charge in [0.1, 0.15) is 0 Å². The fourth-order valence-corrected chi connectivity index (χ4v) is 1.40. The third kappa shape index (κ3) is 3.17. The Morgan fingerprint density at radius 1 is 1.23 bits per heavy atom. The molecular weight excluding hydrogens is 164 g/mol. The topological polar surface area (TPSA) is 40.5 Å². The summed E-state index contributed by atoms with van der Waals surface area (Å²) in [4.78, 5) is 0.